The maximum absolute atomic E-state index is 12.3. The lowest BCUT2D eigenvalue weighted by Gasteiger charge is -2.14. The zero-order valence-corrected chi connectivity index (χ0v) is 13.8. The van der Waals surface area contributed by atoms with Crippen molar-refractivity contribution in [1.29, 1.82) is 0 Å². The number of methoxy groups -OCH3 is 1. The Bertz CT molecular complexity index is 682. The Morgan fingerprint density at radius 2 is 2.00 bits per heavy atom. The van der Waals surface area contributed by atoms with Crippen LogP contribution < -0.4 is 4.74 Å². The highest BCUT2D eigenvalue weighted by atomic mass is 32.1. The number of hydrogen-bond donors (Lipinski definition) is 1. The Labute approximate surface area is 138 Å². The van der Waals surface area contributed by atoms with Crippen LogP contribution in [0.5, 0.6) is 5.75 Å². The number of carboxylic acid groups (broad SMARTS) is 1. The summed E-state index contributed by atoms with van der Waals surface area (Å²) in [5, 5.41) is 9.39. The molecule has 0 aliphatic carbocycles. The van der Waals surface area contributed by atoms with Crippen LogP contribution in [0.1, 0.15) is 22.5 Å². The first-order valence-electron chi connectivity index (χ1n) is 7.08. The average Bonchev–Trinajstić information content (AvgIpc) is 3.03. The van der Waals surface area contributed by atoms with Crippen LogP contribution >= 0.6 is 11.3 Å². The van der Waals surface area contributed by atoms with Crippen molar-refractivity contribution in [3.63, 3.8) is 0 Å². The summed E-state index contributed by atoms with van der Waals surface area (Å²) < 4.78 is 5.11. The van der Waals surface area contributed by atoms with E-state index in [-0.39, 0.29) is 12.3 Å². The molecule has 6 nitrogen and oxygen atoms in total. The van der Waals surface area contributed by atoms with Gasteiger partial charge in [0.05, 0.1) is 13.3 Å². The zero-order valence-electron chi connectivity index (χ0n) is 13.0. The van der Waals surface area contributed by atoms with Gasteiger partial charge in [-0.15, -0.1) is 11.3 Å². The molecule has 0 radical (unpaired) electrons. The number of aliphatic carboxylic acids is 1. The molecule has 0 aliphatic rings. The highest BCUT2D eigenvalue weighted by Crippen LogP contribution is 2.27. The second kappa shape index (κ2) is 7.73. The van der Waals surface area contributed by atoms with Crippen molar-refractivity contribution < 1.29 is 19.4 Å². The lowest BCUT2D eigenvalue weighted by Crippen LogP contribution is -2.27. The van der Waals surface area contributed by atoms with Crippen LogP contribution in [0.4, 0.5) is 0 Å². The molecular formula is C16H18N2O4S. The van der Waals surface area contributed by atoms with Crippen molar-refractivity contribution in [3.8, 4) is 16.3 Å². The van der Waals surface area contributed by atoms with Gasteiger partial charge in [0.25, 0.3) is 5.91 Å². The molecule has 2 aromatic rings. The van der Waals surface area contributed by atoms with E-state index in [1.807, 2.05) is 24.3 Å². The highest BCUT2D eigenvalue weighted by Gasteiger charge is 2.16. The fourth-order valence-corrected chi connectivity index (χ4v) is 2.91. The lowest BCUT2D eigenvalue weighted by molar-refractivity contribution is -0.137. The first kappa shape index (κ1) is 17.0. The van der Waals surface area contributed by atoms with E-state index in [1.54, 1.807) is 20.4 Å². The molecule has 0 bridgehead atoms. The van der Waals surface area contributed by atoms with E-state index in [2.05, 4.69) is 4.98 Å². The number of ether oxygens (including phenoxy) is 1. The molecule has 1 aromatic heterocycles. The Morgan fingerprint density at radius 3 is 2.61 bits per heavy atom. The zero-order chi connectivity index (χ0) is 16.8. The van der Waals surface area contributed by atoms with Crippen molar-refractivity contribution in [1.82, 2.24) is 9.88 Å². The number of aromatic nitrogens is 1. The van der Waals surface area contributed by atoms with Crippen LogP contribution in [0.25, 0.3) is 10.6 Å². The van der Waals surface area contributed by atoms with Crippen molar-refractivity contribution >= 4 is 23.2 Å². The lowest BCUT2D eigenvalue weighted by atomic mass is 10.2. The van der Waals surface area contributed by atoms with Gasteiger partial charge in [-0.05, 0) is 30.7 Å². The molecule has 122 valence electrons. The molecular weight excluding hydrogens is 316 g/mol. The van der Waals surface area contributed by atoms with Crippen LogP contribution in [-0.2, 0) is 4.79 Å². The fourth-order valence-electron chi connectivity index (χ4n) is 2.00. The molecule has 1 heterocycles. The molecule has 7 heteroatoms. The van der Waals surface area contributed by atoms with Gasteiger partial charge in [0.15, 0.2) is 0 Å². The van der Waals surface area contributed by atoms with Crippen molar-refractivity contribution in [2.75, 3.05) is 20.7 Å². The minimum Gasteiger partial charge on any atom is -0.497 e. The number of rotatable bonds is 7. The van der Waals surface area contributed by atoms with Crippen LogP contribution in [0, 0.1) is 0 Å². The molecule has 1 aromatic carbocycles. The first-order chi connectivity index (χ1) is 11.0. The number of carbonyl (C=O) groups excluding carboxylic acids is 1. The molecule has 1 amide bonds. The molecule has 23 heavy (non-hydrogen) atoms. The standard InChI is InChI=1S/C16H18N2O4S/c1-18(9-3-4-14(19)20)16(21)13-10-17-15(23-13)11-5-7-12(22-2)8-6-11/h5-8,10H,3-4,9H2,1-2H3,(H,19,20). The topological polar surface area (TPSA) is 79.7 Å². The fraction of sp³-hybridized carbons (Fsp3) is 0.312. The molecule has 1 N–H and O–H groups in total. The summed E-state index contributed by atoms with van der Waals surface area (Å²) in [6.07, 6.45) is 2.04. The molecule has 2 rings (SSSR count). The van der Waals surface area contributed by atoms with Gasteiger partial charge in [-0.25, -0.2) is 4.98 Å². The van der Waals surface area contributed by atoms with E-state index in [0.29, 0.717) is 17.8 Å². The number of benzene rings is 1. The second-order valence-electron chi connectivity index (χ2n) is 4.98. The summed E-state index contributed by atoms with van der Waals surface area (Å²) in [6, 6.07) is 7.47. The number of hydrogen-bond acceptors (Lipinski definition) is 5. The maximum Gasteiger partial charge on any atom is 0.303 e. The van der Waals surface area contributed by atoms with Gasteiger partial charge in [-0.2, -0.15) is 0 Å². The molecule has 0 saturated heterocycles. The van der Waals surface area contributed by atoms with Crippen molar-refractivity contribution in [2.45, 2.75) is 12.8 Å². The largest absolute Gasteiger partial charge is 0.497 e. The van der Waals surface area contributed by atoms with Crippen LogP contribution in [-0.4, -0.2) is 47.6 Å². The third kappa shape index (κ3) is 4.53. The van der Waals surface area contributed by atoms with E-state index < -0.39 is 5.97 Å². The SMILES string of the molecule is COc1ccc(-c2ncc(C(=O)N(C)CCCC(=O)O)s2)cc1. The summed E-state index contributed by atoms with van der Waals surface area (Å²) in [4.78, 5) is 29.1. The third-order valence-electron chi connectivity index (χ3n) is 3.28. The van der Waals surface area contributed by atoms with E-state index in [9.17, 15) is 9.59 Å². The second-order valence-corrected chi connectivity index (χ2v) is 6.01. The number of carbonyl (C=O) groups is 2. The van der Waals surface area contributed by atoms with Gasteiger partial charge in [0.1, 0.15) is 15.6 Å². The van der Waals surface area contributed by atoms with Gasteiger partial charge in [0, 0.05) is 25.6 Å². The Balaban J connectivity index is 2.02. The number of amides is 1. The normalized spacial score (nSPS) is 10.3. The van der Waals surface area contributed by atoms with Gasteiger partial charge in [-0.3, -0.25) is 9.59 Å². The van der Waals surface area contributed by atoms with Crippen LogP contribution in [0.3, 0.4) is 0 Å². The van der Waals surface area contributed by atoms with E-state index in [1.165, 1.54) is 16.2 Å². The summed E-state index contributed by atoms with van der Waals surface area (Å²) in [6.45, 7) is 0.404. The number of carboxylic acids is 1. The van der Waals surface area contributed by atoms with Crippen molar-refractivity contribution in [2.24, 2.45) is 0 Å². The minimum absolute atomic E-state index is 0.0530. The highest BCUT2D eigenvalue weighted by molar-refractivity contribution is 7.16. The molecule has 0 aliphatic heterocycles. The first-order valence-corrected chi connectivity index (χ1v) is 7.90. The number of nitrogens with zero attached hydrogens (tertiary/aromatic N) is 2. The summed E-state index contributed by atoms with van der Waals surface area (Å²) in [5.41, 5.74) is 0.920. The summed E-state index contributed by atoms with van der Waals surface area (Å²) >= 11 is 1.32. The Morgan fingerprint density at radius 1 is 1.30 bits per heavy atom. The predicted molar refractivity (Wildman–Crippen MR) is 87.9 cm³/mol. The molecule has 0 atom stereocenters. The van der Waals surface area contributed by atoms with Crippen molar-refractivity contribution in [3.05, 3.63) is 35.3 Å². The van der Waals surface area contributed by atoms with E-state index in [0.717, 1.165) is 16.3 Å². The Kier molecular flexibility index (Phi) is 5.70. The molecule has 0 unspecified atom stereocenters. The predicted octanol–water partition coefficient (Wildman–Crippen LogP) is 2.76. The van der Waals surface area contributed by atoms with Crippen LogP contribution in [0.2, 0.25) is 0 Å². The Hall–Kier alpha value is -2.41. The van der Waals surface area contributed by atoms with Gasteiger partial charge < -0.3 is 14.7 Å². The summed E-state index contributed by atoms with van der Waals surface area (Å²) in [5.74, 6) is -0.238. The number of thiazole rings is 1. The molecule has 0 saturated carbocycles. The van der Waals surface area contributed by atoms with Gasteiger partial charge in [-0.1, -0.05) is 0 Å². The molecule has 0 fully saturated rings. The van der Waals surface area contributed by atoms with Crippen LogP contribution in [0.15, 0.2) is 30.5 Å². The third-order valence-corrected chi connectivity index (χ3v) is 4.32. The minimum atomic E-state index is -0.856. The average molecular weight is 334 g/mol. The molecule has 0 spiro atoms. The summed E-state index contributed by atoms with van der Waals surface area (Å²) in [7, 11) is 3.27. The van der Waals surface area contributed by atoms with E-state index in [4.69, 9.17) is 9.84 Å². The smallest absolute Gasteiger partial charge is 0.303 e. The maximum atomic E-state index is 12.3. The van der Waals surface area contributed by atoms with E-state index >= 15 is 0 Å². The quantitative estimate of drug-likeness (QED) is 0.842. The van der Waals surface area contributed by atoms with Gasteiger partial charge >= 0.3 is 5.97 Å². The van der Waals surface area contributed by atoms with Gasteiger partial charge in [0.2, 0.25) is 0 Å². The monoisotopic (exact) mass is 334 g/mol.